The lowest BCUT2D eigenvalue weighted by Gasteiger charge is -2.32. The number of carbonyl (C=O) groups excluding carboxylic acids is 1. The predicted molar refractivity (Wildman–Crippen MR) is 75.3 cm³/mol. The SMILES string of the molecule is CCC1CN(C(=O)c2ccnc(CN)c2)CCO1.Cl. The first-order valence-corrected chi connectivity index (χ1v) is 6.30. The molecule has 1 fully saturated rings. The zero-order valence-electron chi connectivity index (χ0n) is 11.0. The van der Waals surface area contributed by atoms with E-state index in [9.17, 15) is 4.79 Å². The van der Waals surface area contributed by atoms with Gasteiger partial charge in [0.25, 0.3) is 5.91 Å². The lowest BCUT2D eigenvalue weighted by atomic mass is 10.1. The summed E-state index contributed by atoms with van der Waals surface area (Å²) in [6, 6.07) is 3.50. The maximum absolute atomic E-state index is 12.3. The molecular weight excluding hydrogens is 266 g/mol. The molecule has 1 unspecified atom stereocenters. The minimum absolute atomic E-state index is 0. The molecule has 1 aliphatic rings. The fraction of sp³-hybridized carbons (Fsp3) is 0.538. The summed E-state index contributed by atoms with van der Waals surface area (Å²) in [7, 11) is 0. The second kappa shape index (κ2) is 7.43. The van der Waals surface area contributed by atoms with E-state index in [1.54, 1.807) is 18.3 Å². The van der Waals surface area contributed by atoms with Crippen LogP contribution < -0.4 is 5.73 Å². The van der Waals surface area contributed by atoms with Gasteiger partial charge in [0.2, 0.25) is 0 Å². The number of nitrogens with two attached hydrogens (primary N) is 1. The van der Waals surface area contributed by atoms with Crippen molar-refractivity contribution in [1.82, 2.24) is 9.88 Å². The van der Waals surface area contributed by atoms with Gasteiger partial charge in [-0.3, -0.25) is 9.78 Å². The fourth-order valence-corrected chi connectivity index (χ4v) is 2.06. The van der Waals surface area contributed by atoms with E-state index >= 15 is 0 Å². The second-order valence-corrected chi connectivity index (χ2v) is 4.39. The van der Waals surface area contributed by atoms with Crippen molar-refractivity contribution >= 4 is 18.3 Å². The highest BCUT2D eigenvalue weighted by molar-refractivity contribution is 5.94. The van der Waals surface area contributed by atoms with Crippen LogP contribution in [0.4, 0.5) is 0 Å². The first-order valence-electron chi connectivity index (χ1n) is 6.30. The third kappa shape index (κ3) is 3.89. The zero-order valence-corrected chi connectivity index (χ0v) is 11.9. The summed E-state index contributed by atoms with van der Waals surface area (Å²) in [6.45, 7) is 4.34. The topological polar surface area (TPSA) is 68.5 Å². The highest BCUT2D eigenvalue weighted by Crippen LogP contribution is 2.12. The number of ether oxygens (including phenoxy) is 1. The molecule has 1 aromatic rings. The van der Waals surface area contributed by atoms with E-state index in [0.717, 1.165) is 12.1 Å². The molecule has 1 atom stereocenters. The molecule has 2 heterocycles. The van der Waals surface area contributed by atoms with Crippen LogP contribution in [0.25, 0.3) is 0 Å². The van der Waals surface area contributed by atoms with Crippen molar-refractivity contribution in [2.75, 3.05) is 19.7 Å². The van der Waals surface area contributed by atoms with Gasteiger partial charge in [-0.1, -0.05) is 6.92 Å². The monoisotopic (exact) mass is 285 g/mol. The van der Waals surface area contributed by atoms with Gasteiger partial charge in [0.05, 0.1) is 18.4 Å². The summed E-state index contributed by atoms with van der Waals surface area (Å²) in [5, 5.41) is 0. The number of hydrogen-bond acceptors (Lipinski definition) is 4. The Kier molecular flexibility index (Phi) is 6.21. The van der Waals surface area contributed by atoms with Crippen LogP contribution in [0.1, 0.15) is 29.4 Å². The van der Waals surface area contributed by atoms with Crippen LogP contribution in [0.15, 0.2) is 18.3 Å². The zero-order chi connectivity index (χ0) is 13.0. The van der Waals surface area contributed by atoms with Crippen LogP contribution >= 0.6 is 12.4 Å². The van der Waals surface area contributed by atoms with Gasteiger partial charge in [-0.05, 0) is 18.6 Å². The molecular formula is C13H20ClN3O2. The molecule has 106 valence electrons. The Labute approximate surface area is 119 Å². The van der Waals surface area contributed by atoms with Crippen LogP contribution in [0, 0.1) is 0 Å². The summed E-state index contributed by atoms with van der Waals surface area (Å²) in [4.78, 5) is 18.3. The lowest BCUT2D eigenvalue weighted by Crippen LogP contribution is -2.45. The third-order valence-corrected chi connectivity index (χ3v) is 3.15. The van der Waals surface area contributed by atoms with Gasteiger partial charge < -0.3 is 15.4 Å². The van der Waals surface area contributed by atoms with Crippen molar-refractivity contribution in [3.63, 3.8) is 0 Å². The highest BCUT2D eigenvalue weighted by Gasteiger charge is 2.24. The van der Waals surface area contributed by atoms with Crippen molar-refractivity contribution in [2.24, 2.45) is 5.73 Å². The van der Waals surface area contributed by atoms with Crippen molar-refractivity contribution < 1.29 is 9.53 Å². The predicted octanol–water partition coefficient (Wildman–Crippen LogP) is 1.21. The second-order valence-electron chi connectivity index (χ2n) is 4.39. The molecule has 0 aromatic carbocycles. The van der Waals surface area contributed by atoms with E-state index in [1.807, 2.05) is 4.90 Å². The Hall–Kier alpha value is -1.17. The highest BCUT2D eigenvalue weighted by atomic mass is 35.5. The van der Waals surface area contributed by atoms with Crippen molar-refractivity contribution in [1.29, 1.82) is 0 Å². The molecule has 0 spiro atoms. The summed E-state index contributed by atoms with van der Waals surface area (Å²) >= 11 is 0. The van der Waals surface area contributed by atoms with E-state index in [4.69, 9.17) is 10.5 Å². The summed E-state index contributed by atoms with van der Waals surface area (Å²) < 4.78 is 5.56. The average Bonchev–Trinajstić information content (AvgIpc) is 2.46. The van der Waals surface area contributed by atoms with Gasteiger partial charge in [-0.15, -0.1) is 12.4 Å². The number of morpholine rings is 1. The molecule has 0 aliphatic carbocycles. The Morgan fingerprint density at radius 1 is 1.63 bits per heavy atom. The number of aromatic nitrogens is 1. The summed E-state index contributed by atoms with van der Waals surface area (Å²) in [5.41, 5.74) is 6.93. The largest absolute Gasteiger partial charge is 0.375 e. The minimum Gasteiger partial charge on any atom is -0.375 e. The Morgan fingerprint density at radius 3 is 3.11 bits per heavy atom. The molecule has 5 nitrogen and oxygen atoms in total. The maximum Gasteiger partial charge on any atom is 0.254 e. The number of carbonyl (C=O) groups is 1. The van der Waals surface area contributed by atoms with E-state index < -0.39 is 0 Å². The number of hydrogen-bond donors (Lipinski definition) is 1. The maximum atomic E-state index is 12.3. The van der Waals surface area contributed by atoms with Gasteiger partial charge in [-0.25, -0.2) is 0 Å². The molecule has 0 bridgehead atoms. The molecule has 1 aromatic heterocycles. The number of rotatable bonds is 3. The Morgan fingerprint density at radius 2 is 2.42 bits per heavy atom. The van der Waals surface area contributed by atoms with E-state index in [2.05, 4.69) is 11.9 Å². The van der Waals surface area contributed by atoms with Crippen LogP contribution in [0.3, 0.4) is 0 Å². The Bertz CT molecular complexity index is 428. The number of amides is 1. The Balaban J connectivity index is 0.00000180. The number of pyridine rings is 1. The van der Waals surface area contributed by atoms with Gasteiger partial charge in [0.15, 0.2) is 0 Å². The molecule has 6 heteroatoms. The number of nitrogens with zero attached hydrogens (tertiary/aromatic N) is 2. The molecule has 1 saturated heterocycles. The lowest BCUT2D eigenvalue weighted by molar-refractivity contribution is -0.0226. The van der Waals surface area contributed by atoms with Gasteiger partial charge in [0, 0.05) is 31.4 Å². The quantitative estimate of drug-likeness (QED) is 0.906. The summed E-state index contributed by atoms with van der Waals surface area (Å²) in [5.74, 6) is 0.0360. The normalized spacial score (nSPS) is 18.8. The first-order chi connectivity index (χ1) is 8.74. The number of halogens is 1. The van der Waals surface area contributed by atoms with E-state index in [1.165, 1.54) is 0 Å². The van der Waals surface area contributed by atoms with E-state index in [-0.39, 0.29) is 24.4 Å². The van der Waals surface area contributed by atoms with Gasteiger partial charge in [0.1, 0.15) is 0 Å². The van der Waals surface area contributed by atoms with Crippen molar-refractivity contribution in [2.45, 2.75) is 26.0 Å². The molecule has 1 amide bonds. The van der Waals surface area contributed by atoms with Gasteiger partial charge >= 0.3 is 0 Å². The standard InChI is InChI=1S/C13H19N3O2.ClH/c1-2-12-9-16(5-6-18-12)13(17)10-3-4-15-11(7-10)8-14;/h3-4,7,12H,2,5-6,8-9,14H2,1H3;1H. The fourth-order valence-electron chi connectivity index (χ4n) is 2.06. The third-order valence-electron chi connectivity index (χ3n) is 3.15. The van der Waals surface area contributed by atoms with Crippen LogP contribution in [-0.2, 0) is 11.3 Å². The molecule has 0 saturated carbocycles. The van der Waals surface area contributed by atoms with E-state index in [0.29, 0.717) is 31.8 Å². The smallest absolute Gasteiger partial charge is 0.254 e. The average molecular weight is 286 g/mol. The van der Waals surface area contributed by atoms with Crippen molar-refractivity contribution in [3.05, 3.63) is 29.6 Å². The summed E-state index contributed by atoms with van der Waals surface area (Å²) in [6.07, 6.45) is 2.71. The van der Waals surface area contributed by atoms with Gasteiger partial charge in [-0.2, -0.15) is 0 Å². The molecule has 2 rings (SSSR count). The van der Waals surface area contributed by atoms with Crippen LogP contribution in [0.5, 0.6) is 0 Å². The first kappa shape index (κ1) is 15.9. The van der Waals surface area contributed by atoms with Crippen LogP contribution in [-0.4, -0.2) is 41.6 Å². The molecule has 2 N–H and O–H groups in total. The molecule has 0 radical (unpaired) electrons. The van der Waals surface area contributed by atoms with Crippen molar-refractivity contribution in [3.8, 4) is 0 Å². The van der Waals surface area contributed by atoms with Crippen LogP contribution in [0.2, 0.25) is 0 Å². The minimum atomic E-state index is 0. The molecule has 1 aliphatic heterocycles. The molecule has 19 heavy (non-hydrogen) atoms.